The van der Waals surface area contributed by atoms with Crippen molar-refractivity contribution in [2.24, 2.45) is 0 Å². The van der Waals surface area contributed by atoms with Crippen LogP contribution in [0.5, 0.6) is 0 Å². The molecule has 3 aromatic rings. The molecule has 0 spiro atoms. The summed E-state index contributed by atoms with van der Waals surface area (Å²) in [5.41, 5.74) is 7.13. The summed E-state index contributed by atoms with van der Waals surface area (Å²) in [6.45, 7) is 7.77. The minimum absolute atomic E-state index is 0.723. The Bertz CT molecular complexity index is 905. The Kier molecular flexibility index (Phi) is 6.20. The number of benzene rings is 2. The summed E-state index contributed by atoms with van der Waals surface area (Å²) in [7, 11) is 0. The van der Waals surface area contributed by atoms with Crippen molar-refractivity contribution in [1.29, 1.82) is 0 Å². The lowest BCUT2D eigenvalue weighted by molar-refractivity contribution is 0.412. The Balaban J connectivity index is 1.82. The molecule has 138 valence electrons. The van der Waals surface area contributed by atoms with Gasteiger partial charge in [0.2, 0.25) is 0 Å². The number of hydrogen-bond acceptors (Lipinski definition) is 2. The van der Waals surface area contributed by atoms with Crippen LogP contribution in [0.25, 0.3) is 0 Å². The van der Waals surface area contributed by atoms with E-state index in [1.807, 2.05) is 24.5 Å². The van der Waals surface area contributed by atoms with Gasteiger partial charge in [0.15, 0.2) is 5.11 Å². The van der Waals surface area contributed by atoms with Crippen LogP contribution in [-0.4, -0.2) is 15.0 Å². The fraction of sp³-hybridized carbons (Fsp3) is 0.217. The van der Waals surface area contributed by atoms with E-state index in [1.54, 1.807) is 0 Å². The highest BCUT2D eigenvalue weighted by Crippen LogP contribution is 2.19. The number of aryl methyl sites for hydroxylation is 3. The smallest absolute Gasteiger partial charge is 0.174 e. The van der Waals surface area contributed by atoms with Gasteiger partial charge < -0.3 is 10.2 Å². The monoisotopic (exact) mass is 375 g/mol. The fourth-order valence-electron chi connectivity index (χ4n) is 2.89. The van der Waals surface area contributed by atoms with Crippen molar-refractivity contribution < 1.29 is 0 Å². The van der Waals surface area contributed by atoms with Gasteiger partial charge in [-0.2, -0.15) is 0 Å². The summed E-state index contributed by atoms with van der Waals surface area (Å²) < 4.78 is 0. The minimum Gasteiger partial charge on any atom is -0.340 e. The highest BCUT2D eigenvalue weighted by molar-refractivity contribution is 7.80. The molecule has 0 bridgehead atoms. The lowest BCUT2D eigenvalue weighted by Gasteiger charge is -2.27. The van der Waals surface area contributed by atoms with Crippen molar-refractivity contribution >= 4 is 23.0 Å². The largest absolute Gasteiger partial charge is 0.340 e. The van der Waals surface area contributed by atoms with Gasteiger partial charge in [0.1, 0.15) is 0 Å². The van der Waals surface area contributed by atoms with E-state index >= 15 is 0 Å². The molecule has 0 saturated carbocycles. The van der Waals surface area contributed by atoms with E-state index in [9.17, 15) is 0 Å². The fourth-order valence-corrected chi connectivity index (χ4v) is 3.13. The third-order valence-electron chi connectivity index (χ3n) is 4.54. The molecule has 1 heterocycles. The topological polar surface area (TPSA) is 28.2 Å². The first kappa shape index (κ1) is 19.1. The molecule has 3 rings (SSSR count). The normalized spacial score (nSPS) is 10.5. The predicted octanol–water partition coefficient (Wildman–Crippen LogP) is 5.41. The van der Waals surface area contributed by atoms with Crippen LogP contribution >= 0.6 is 12.2 Å². The van der Waals surface area contributed by atoms with Crippen LogP contribution in [0.15, 0.2) is 67.0 Å². The van der Waals surface area contributed by atoms with E-state index in [4.69, 9.17) is 12.2 Å². The van der Waals surface area contributed by atoms with E-state index in [1.165, 1.54) is 27.8 Å². The van der Waals surface area contributed by atoms with Gasteiger partial charge in [-0.15, -0.1) is 0 Å². The predicted molar refractivity (Wildman–Crippen MR) is 117 cm³/mol. The second kappa shape index (κ2) is 8.78. The van der Waals surface area contributed by atoms with Crippen molar-refractivity contribution in [3.63, 3.8) is 0 Å². The Morgan fingerprint density at radius 3 is 2.11 bits per heavy atom. The van der Waals surface area contributed by atoms with Crippen molar-refractivity contribution in [3.05, 3.63) is 94.8 Å². The summed E-state index contributed by atoms with van der Waals surface area (Å²) in [4.78, 5) is 6.30. The van der Waals surface area contributed by atoms with E-state index in [0.717, 1.165) is 23.9 Å². The Morgan fingerprint density at radius 2 is 1.44 bits per heavy atom. The molecular formula is C23H25N3S. The van der Waals surface area contributed by atoms with Crippen molar-refractivity contribution in [2.75, 3.05) is 5.32 Å². The van der Waals surface area contributed by atoms with Gasteiger partial charge in [-0.25, -0.2) is 0 Å². The van der Waals surface area contributed by atoms with Crippen LogP contribution in [0.2, 0.25) is 0 Å². The molecule has 0 aliphatic heterocycles. The number of pyridine rings is 1. The molecular weight excluding hydrogens is 350 g/mol. The summed E-state index contributed by atoms with van der Waals surface area (Å²) in [5, 5.41) is 4.17. The maximum atomic E-state index is 5.78. The van der Waals surface area contributed by atoms with Crippen LogP contribution < -0.4 is 5.32 Å². The van der Waals surface area contributed by atoms with Gasteiger partial charge in [0.25, 0.3) is 0 Å². The molecule has 2 aromatic carbocycles. The van der Waals surface area contributed by atoms with E-state index in [-0.39, 0.29) is 0 Å². The molecule has 1 N–H and O–H groups in total. The van der Waals surface area contributed by atoms with Gasteiger partial charge in [-0.3, -0.25) is 4.98 Å². The maximum Gasteiger partial charge on any atom is 0.174 e. The number of nitrogens with one attached hydrogen (secondary N) is 1. The van der Waals surface area contributed by atoms with Crippen LogP contribution in [-0.2, 0) is 13.1 Å². The van der Waals surface area contributed by atoms with E-state index < -0.39 is 0 Å². The summed E-state index contributed by atoms with van der Waals surface area (Å²) in [5.74, 6) is 0. The van der Waals surface area contributed by atoms with Gasteiger partial charge in [0.05, 0.1) is 0 Å². The molecule has 27 heavy (non-hydrogen) atoms. The van der Waals surface area contributed by atoms with Crippen molar-refractivity contribution in [3.8, 4) is 0 Å². The molecule has 3 nitrogen and oxygen atoms in total. The lowest BCUT2D eigenvalue weighted by atomic mass is 10.1. The van der Waals surface area contributed by atoms with Gasteiger partial charge >= 0.3 is 0 Å². The number of aromatic nitrogens is 1. The minimum atomic E-state index is 0.723. The summed E-state index contributed by atoms with van der Waals surface area (Å²) >= 11 is 5.78. The average molecular weight is 376 g/mol. The van der Waals surface area contributed by atoms with Gasteiger partial charge in [0, 0.05) is 31.2 Å². The van der Waals surface area contributed by atoms with Crippen molar-refractivity contribution in [2.45, 2.75) is 33.9 Å². The number of nitrogens with zero attached hydrogens (tertiary/aromatic N) is 2. The molecule has 0 unspecified atom stereocenters. The third-order valence-corrected chi connectivity index (χ3v) is 4.90. The first-order chi connectivity index (χ1) is 13.0. The molecule has 0 aliphatic carbocycles. The zero-order valence-corrected chi connectivity index (χ0v) is 16.9. The number of anilines is 1. The molecule has 0 fully saturated rings. The zero-order valence-electron chi connectivity index (χ0n) is 16.1. The zero-order chi connectivity index (χ0) is 19.2. The van der Waals surface area contributed by atoms with E-state index in [0.29, 0.717) is 0 Å². The first-order valence-corrected chi connectivity index (χ1v) is 9.50. The SMILES string of the molecule is Cc1ccc(CN(Cc2ccncc2)C(=S)Nc2cc(C)ccc2C)cc1. The van der Waals surface area contributed by atoms with Crippen molar-refractivity contribution in [1.82, 2.24) is 9.88 Å². The Labute approximate surface area is 167 Å². The third kappa shape index (κ3) is 5.38. The van der Waals surface area contributed by atoms with Crippen LogP contribution in [0.3, 0.4) is 0 Å². The van der Waals surface area contributed by atoms with Gasteiger partial charge in [-0.05, 0) is 73.4 Å². The lowest BCUT2D eigenvalue weighted by Crippen LogP contribution is -2.34. The Morgan fingerprint density at radius 1 is 0.852 bits per heavy atom. The molecule has 0 atom stereocenters. The molecule has 0 amide bonds. The highest BCUT2D eigenvalue weighted by Gasteiger charge is 2.13. The van der Waals surface area contributed by atoms with Gasteiger partial charge in [-0.1, -0.05) is 42.0 Å². The second-order valence-corrected chi connectivity index (χ2v) is 7.33. The van der Waals surface area contributed by atoms with Crippen LogP contribution in [0.4, 0.5) is 5.69 Å². The van der Waals surface area contributed by atoms with Crippen LogP contribution in [0.1, 0.15) is 27.8 Å². The summed E-state index contributed by atoms with van der Waals surface area (Å²) in [6.07, 6.45) is 3.64. The summed E-state index contributed by atoms with van der Waals surface area (Å²) in [6, 6.07) is 19.0. The molecule has 0 radical (unpaired) electrons. The molecule has 0 saturated heterocycles. The first-order valence-electron chi connectivity index (χ1n) is 9.09. The standard InChI is InChI=1S/C23H25N3S/c1-17-5-8-20(9-6-17)15-26(16-21-10-12-24-13-11-21)23(27)25-22-14-18(2)4-7-19(22)3/h4-14H,15-16H2,1-3H3,(H,25,27). The number of hydrogen-bond donors (Lipinski definition) is 1. The Hall–Kier alpha value is -2.72. The average Bonchev–Trinajstić information content (AvgIpc) is 2.66. The second-order valence-electron chi connectivity index (χ2n) is 6.95. The molecule has 4 heteroatoms. The van der Waals surface area contributed by atoms with Crippen LogP contribution in [0, 0.1) is 20.8 Å². The number of thiocarbonyl (C=S) groups is 1. The molecule has 0 aliphatic rings. The van der Waals surface area contributed by atoms with E-state index in [2.05, 4.69) is 78.4 Å². The maximum absolute atomic E-state index is 5.78. The number of rotatable bonds is 5. The molecule has 1 aromatic heterocycles. The quantitative estimate of drug-likeness (QED) is 0.604. The highest BCUT2D eigenvalue weighted by atomic mass is 32.1.